The molecule has 68 valence electrons. The van der Waals surface area contributed by atoms with Crippen molar-refractivity contribution in [3.63, 3.8) is 0 Å². The summed E-state index contributed by atoms with van der Waals surface area (Å²) in [4.78, 5) is 0. The van der Waals surface area contributed by atoms with Gasteiger partial charge in [0.25, 0.3) is 0 Å². The third kappa shape index (κ3) is 1.81. The number of fused-ring (bicyclic) bond motifs is 1. The predicted octanol–water partition coefficient (Wildman–Crippen LogP) is 2.10. The lowest BCUT2D eigenvalue weighted by molar-refractivity contribution is 0.171. The van der Waals surface area contributed by atoms with E-state index < -0.39 is 0 Å². The molecule has 0 aromatic rings. The van der Waals surface area contributed by atoms with Crippen molar-refractivity contribution in [2.75, 3.05) is 6.61 Å². The van der Waals surface area contributed by atoms with Gasteiger partial charge in [0.2, 0.25) is 0 Å². The van der Waals surface area contributed by atoms with E-state index in [2.05, 4.69) is 0 Å². The summed E-state index contributed by atoms with van der Waals surface area (Å²) in [6.07, 6.45) is 8.63. The molecule has 1 saturated carbocycles. The fourth-order valence-corrected chi connectivity index (χ4v) is 1.93. The second-order valence-electron chi connectivity index (χ2n) is 3.69. The van der Waals surface area contributed by atoms with E-state index >= 15 is 0 Å². The summed E-state index contributed by atoms with van der Waals surface area (Å²) < 4.78 is 10.8. The van der Waals surface area contributed by atoms with E-state index in [0.717, 1.165) is 12.5 Å². The van der Waals surface area contributed by atoms with Crippen LogP contribution in [0.4, 0.5) is 0 Å². The summed E-state index contributed by atoms with van der Waals surface area (Å²) in [5.41, 5.74) is 0. The molecule has 1 aliphatic carbocycles. The Bertz CT molecular complexity index is 177. The fourth-order valence-electron chi connectivity index (χ4n) is 1.93. The van der Waals surface area contributed by atoms with Crippen molar-refractivity contribution in [3.8, 4) is 0 Å². The highest BCUT2D eigenvalue weighted by Gasteiger charge is 2.43. The maximum absolute atomic E-state index is 5.44. The van der Waals surface area contributed by atoms with Crippen molar-refractivity contribution >= 4 is 0 Å². The minimum atomic E-state index is 0.581. The van der Waals surface area contributed by atoms with Crippen molar-refractivity contribution in [2.45, 2.75) is 38.4 Å². The van der Waals surface area contributed by atoms with Gasteiger partial charge in [-0.25, -0.2) is 0 Å². The van der Waals surface area contributed by atoms with Gasteiger partial charge < -0.3 is 9.47 Å². The molecule has 0 bridgehead atoms. The Morgan fingerprint density at radius 3 is 3.08 bits per heavy atom. The summed E-state index contributed by atoms with van der Waals surface area (Å²) in [7, 11) is 0. The highest BCUT2D eigenvalue weighted by Crippen LogP contribution is 2.39. The van der Waals surface area contributed by atoms with E-state index in [9.17, 15) is 0 Å². The molecule has 1 saturated heterocycles. The standard InChI is InChI=1S/C10H16O2/c1-2-5-11-7-8-3-4-9-10(6-8)12-9/h2,5,8-10H,3-4,6-7H2,1H3/b5-2+. The Morgan fingerprint density at radius 1 is 1.42 bits per heavy atom. The van der Waals surface area contributed by atoms with Crippen LogP contribution in [0, 0.1) is 5.92 Å². The molecular formula is C10H16O2. The van der Waals surface area contributed by atoms with Crippen LogP contribution in [-0.4, -0.2) is 18.8 Å². The molecule has 0 aromatic heterocycles. The van der Waals surface area contributed by atoms with E-state index in [1.165, 1.54) is 19.3 Å². The van der Waals surface area contributed by atoms with Crippen molar-refractivity contribution in [2.24, 2.45) is 5.92 Å². The van der Waals surface area contributed by atoms with Crippen LogP contribution in [0.2, 0.25) is 0 Å². The molecule has 2 rings (SSSR count). The monoisotopic (exact) mass is 168 g/mol. The Kier molecular flexibility index (Phi) is 2.35. The number of rotatable bonds is 3. The molecular weight excluding hydrogens is 152 g/mol. The molecule has 0 aromatic carbocycles. The summed E-state index contributed by atoms with van der Waals surface area (Å²) in [6, 6.07) is 0. The number of hydrogen-bond donors (Lipinski definition) is 0. The summed E-state index contributed by atoms with van der Waals surface area (Å²) in [5, 5.41) is 0. The first kappa shape index (κ1) is 8.11. The van der Waals surface area contributed by atoms with Crippen LogP contribution in [0.1, 0.15) is 26.2 Å². The average Bonchev–Trinajstić information content (AvgIpc) is 2.83. The van der Waals surface area contributed by atoms with Crippen molar-refractivity contribution in [1.82, 2.24) is 0 Å². The first-order valence-corrected chi connectivity index (χ1v) is 4.78. The van der Waals surface area contributed by atoms with Gasteiger partial charge >= 0.3 is 0 Å². The van der Waals surface area contributed by atoms with Crippen LogP contribution in [0.15, 0.2) is 12.3 Å². The Balaban J connectivity index is 1.67. The van der Waals surface area contributed by atoms with Gasteiger partial charge in [0.05, 0.1) is 25.1 Å². The van der Waals surface area contributed by atoms with Gasteiger partial charge in [0.1, 0.15) is 0 Å². The highest BCUT2D eigenvalue weighted by atomic mass is 16.6. The number of allylic oxidation sites excluding steroid dienone is 1. The minimum Gasteiger partial charge on any atom is -0.501 e. The third-order valence-corrected chi connectivity index (χ3v) is 2.68. The Morgan fingerprint density at radius 2 is 2.33 bits per heavy atom. The lowest BCUT2D eigenvalue weighted by Crippen LogP contribution is -2.17. The van der Waals surface area contributed by atoms with Crippen LogP contribution < -0.4 is 0 Å². The Hall–Kier alpha value is -0.500. The van der Waals surface area contributed by atoms with Crippen molar-refractivity contribution < 1.29 is 9.47 Å². The lowest BCUT2D eigenvalue weighted by Gasteiger charge is -2.17. The highest BCUT2D eigenvalue weighted by molar-refractivity contribution is 4.91. The van der Waals surface area contributed by atoms with Gasteiger partial charge in [-0.2, -0.15) is 0 Å². The van der Waals surface area contributed by atoms with E-state index in [0.29, 0.717) is 12.2 Å². The molecule has 0 spiro atoms. The molecule has 0 amide bonds. The van der Waals surface area contributed by atoms with Gasteiger partial charge in [-0.1, -0.05) is 6.08 Å². The molecule has 12 heavy (non-hydrogen) atoms. The first-order valence-electron chi connectivity index (χ1n) is 4.78. The zero-order valence-corrected chi connectivity index (χ0v) is 7.53. The normalized spacial score (nSPS) is 39.6. The summed E-state index contributed by atoms with van der Waals surface area (Å²) >= 11 is 0. The lowest BCUT2D eigenvalue weighted by atomic mass is 9.90. The van der Waals surface area contributed by atoms with Crippen LogP contribution in [-0.2, 0) is 9.47 Å². The third-order valence-electron chi connectivity index (χ3n) is 2.68. The number of hydrogen-bond acceptors (Lipinski definition) is 2. The number of epoxide rings is 1. The van der Waals surface area contributed by atoms with Gasteiger partial charge in [-0.3, -0.25) is 0 Å². The molecule has 1 aliphatic heterocycles. The second-order valence-corrected chi connectivity index (χ2v) is 3.69. The summed E-state index contributed by atoms with van der Waals surface area (Å²) in [6.45, 7) is 2.85. The maximum atomic E-state index is 5.44. The molecule has 2 aliphatic rings. The summed E-state index contributed by atoms with van der Waals surface area (Å²) in [5.74, 6) is 0.727. The molecule has 1 heterocycles. The minimum absolute atomic E-state index is 0.581. The number of ether oxygens (including phenoxy) is 2. The molecule has 0 N–H and O–H groups in total. The molecule has 2 fully saturated rings. The quantitative estimate of drug-likeness (QED) is 0.475. The van der Waals surface area contributed by atoms with E-state index in [1.807, 2.05) is 13.0 Å². The zero-order chi connectivity index (χ0) is 8.39. The first-order chi connectivity index (χ1) is 5.90. The van der Waals surface area contributed by atoms with Gasteiger partial charge in [0, 0.05) is 0 Å². The molecule has 0 radical (unpaired) electrons. The topological polar surface area (TPSA) is 21.8 Å². The van der Waals surface area contributed by atoms with Crippen LogP contribution >= 0.6 is 0 Å². The molecule has 2 nitrogen and oxygen atoms in total. The maximum Gasteiger partial charge on any atom is 0.0902 e. The van der Waals surface area contributed by atoms with E-state index in [4.69, 9.17) is 9.47 Å². The molecule has 3 atom stereocenters. The van der Waals surface area contributed by atoms with Crippen LogP contribution in [0.3, 0.4) is 0 Å². The Labute approximate surface area is 73.5 Å². The van der Waals surface area contributed by atoms with E-state index in [1.54, 1.807) is 6.26 Å². The van der Waals surface area contributed by atoms with Gasteiger partial charge in [-0.05, 0) is 32.1 Å². The second kappa shape index (κ2) is 3.48. The molecule has 2 heteroatoms. The zero-order valence-electron chi connectivity index (χ0n) is 7.53. The van der Waals surface area contributed by atoms with E-state index in [-0.39, 0.29) is 0 Å². The fraction of sp³-hybridized carbons (Fsp3) is 0.800. The van der Waals surface area contributed by atoms with Crippen LogP contribution in [0.25, 0.3) is 0 Å². The molecule has 3 unspecified atom stereocenters. The smallest absolute Gasteiger partial charge is 0.0902 e. The van der Waals surface area contributed by atoms with Crippen molar-refractivity contribution in [3.05, 3.63) is 12.3 Å². The van der Waals surface area contributed by atoms with Gasteiger partial charge in [0.15, 0.2) is 0 Å². The largest absolute Gasteiger partial charge is 0.501 e. The average molecular weight is 168 g/mol. The predicted molar refractivity (Wildman–Crippen MR) is 46.8 cm³/mol. The van der Waals surface area contributed by atoms with Crippen LogP contribution in [0.5, 0.6) is 0 Å². The van der Waals surface area contributed by atoms with Gasteiger partial charge in [-0.15, -0.1) is 0 Å². The van der Waals surface area contributed by atoms with Crippen molar-refractivity contribution in [1.29, 1.82) is 0 Å². The SMILES string of the molecule is C/C=C/OCC1CCC2OC2C1.